The number of hydrogen-bond donors (Lipinski definition) is 2. The Balaban J connectivity index is 4.26. The van der Waals surface area contributed by atoms with Crippen molar-refractivity contribution in [2.24, 2.45) is 5.92 Å². The Bertz CT molecular complexity index is 191. The molecule has 0 aliphatic carbocycles. The zero-order chi connectivity index (χ0) is 11.8. The summed E-state index contributed by atoms with van der Waals surface area (Å²) in [5, 5.41) is 11.5. The van der Waals surface area contributed by atoms with E-state index in [2.05, 4.69) is 5.32 Å². The lowest BCUT2D eigenvalue weighted by molar-refractivity contribution is -0.137. The quantitative estimate of drug-likeness (QED) is 0.636. The largest absolute Gasteiger partial charge is 0.395 e. The van der Waals surface area contributed by atoms with Crippen LogP contribution in [0.15, 0.2) is 0 Å². The van der Waals surface area contributed by atoms with E-state index in [-0.39, 0.29) is 25.0 Å². The van der Waals surface area contributed by atoms with Gasteiger partial charge in [0.2, 0.25) is 5.91 Å². The first-order valence-electron chi connectivity index (χ1n) is 4.85. The van der Waals surface area contributed by atoms with E-state index in [0.29, 0.717) is 6.54 Å². The number of rotatable bonds is 7. The lowest BCUT2D eigenvalue weighted by atomic mass is 10.1. The number of nitrogens with one attached hydrogen (secondary N) is 1. The number of aliphatic hydroxyl groups is 1. The molecule has 0 spiro atoms. The number of amides is 1. The van der Waals surface area contributed by atoms with Gasteiger partial charge in [-0.3, -0.25) is 4.79 Å². The number of nitrogens with zero attached hydrogens (tertiary/aromatic N) is 1. The van der Waals surface area contributed by atoms with Crippen LogP contribution in [0.25, 0.3) is 0 Å². The van der Waals surface area contributed by atoms with Gasteiger partial charge in [-0.05, 0) is 7.05 Å². The molecule has 0 bridgehead atoms. The Morgan fingerprint density at radius 1 is 1.53 bits per heavy atom. The minimum atomic E-state index is -2.57. The van der Waals surface area contributed by atoms with Gasteiger partial charge < -0.3 is 15.3 Å². The molecule has 6 heteroatoms. The van der Waals surface area contributed by atoms with Gasteiger partial charge in [-0.1, -0.05) is 6.92 Å². The Morgan fingerprint density at radius 3 is 2.53 bits per heavy atom. The molecule has 0 aliphatic heterocycles. The molecule has 2 N–H and O–H groups in total. The molecule has 0 aromatic heterocycles. The van der Waals surface area contributed by atoms with E-state index < -0.39 is 13.0 Å². The van der Waals surface area contributed by atoms with E-state index in [1.54, 1.807) is 14.0 Å². The predicted molar refractivity (Wildman–Crippen MR) is 52.8 cm³/mol. The third kappa shape index (κ3) is 5.64. The summed E-state index contributed by atoms with van der Waals surface area (Å²) >= 11 is 0. The molecule has 0 aromatic carbocycles. The van der Waals surface area contributed by atoms with Crippen molar-refractivity contribution in [3.05, 3.63) is 0 Å². The molecule has 1 unspecified atom stereocenters. The third-order valence-electron chi connectivity index (χ3n) is 1.97. The zero-order valence-electron chi connectivity index (χ0n) is 9.04. The molecule has 0 radical (unpaired) electrons. The van der Waals surface area contributed by atoms with Crippen molar-refractivity contribution < 1.29 is 18.7 Å². The van der Waals surface area contributed by atoms with Gasteiger partial charge >= 0.3 is 0 Å². The topological polar surface area (TPSA) is 52.6 Å². The van der Waals surface area contributed by atoms with Crippen LogP contribution < -0.4 is 5.32 Å². The lowest BCUT2D eigenvalue weighted by Crippen LogP contribution is -2.42. The molecule has 1 atom stereocenters. The highest BCUT2D eigenvalue weighted by Gasteiger charge is 2.22. The molecule has 0 fully saturated rings. The molecule has 15 heavy (non-hydrogen) atoms. The van der Waals surface area contributed by atoms with Crippen LogP contribution >= 0.6 is 0 Å². The van der Waals surface area contributed by atoms with E-state index >= 15 is 0 Å². The van der Waals surface area contributed by atoms with Crippen LogP contribution in [0.2, 0.25) is 0 Å². The lowest BCUT2D eigenvalue weighted by Gasteiger charge is -2.24. The Kier molecular flexibility index (Phi) is 7.15. The van der Waals surface area contributed by atoms with Crippen molar-refractivity contribution in [1.29, 1.82) is 0 Å². The summed E-state index contributed by atoms with van der Waals surface area (Å²) in [6.07, 6.45) is -2.57. The Hall–Kier alpha value is -0.750. The Labute approximate surface area is 88.3 Å². The summed E-state index contributed by atoms with van der Waals surface area (Å²) in [6, 6.07) is 0. The average Bonchev–Trinajstić information content (AvgIpc) is 2.16. The van der Waals surface area contributed by atoms with Gasteiger partial charge in [0.05, 0.1) is 13.2 Å². The number of halogens is 2. The van der Waals surface area contributed by atoms with E-state index in [1.165, 1.54) is 0 Å². The molecule has 1 amide bonds. The first-order valence-corrected chi connectivity index (χ1v) is 4.85. The summed E-state index contributed by atoms with van der Waals surface area (Å²) < 4.78 is 24.3. The fraction of sp³-hybridized carbons (Fsp3) is 0.889. The van der Waals surface area contributed by atoms with Gasteiger partial charge in [-0.25, -0.2) is 8.78 Å². The molecule has 0 aliphatic rings. The monoisotopic (exact) mass is 224 g/mol. The van der Waals surface area contributed by atoms with Gasteiger partial charge in [0.15, 0.2) is 0 Å². The van der Waals surface area contributed by atoms with Crippen LogP contribution in [0.4, 0.5) is 8.78 Å². The summed E-state index contributed by atoms with van der Waals surface area (Å²) in [7, 11) is 1.69. The predicted octanol–water partition coefficient (Wildman–Crippen LogP) is -0.0721. The maximum atomic E-state index is 12.1. The summed E-state index contributed by atoms with van der Waals surface area (Å²) in [6.45, 7) is 1.13. The number of carbonyl (C=O) groups is 1. The van der Waals surface area contributed by atoms with Crippen LogP contribution in [0, 0.1) is 5.92 Å². The van der Waals surface area contributed by atoms with Gasteiger partial charge in [0, 0.05) is 19.0 Å². The minimum absolute atomic E-state index is 0.0444. The highest BCUT2D eigenvalue weighted by atomic mass is 19.3. The van der Waals surface area contributed by atoms with Gasteiger partial charge in [-0.15, -0.1) is 0 Å². The van der Waals surface area contributed by atoms with Crippen molar-refractivity contribution in [3.63, 3.8) is 0 Å². The van der Waals surface area contributed by atoms with Crippen LogP contribution in [-0.4, -0.2) is 55.6 Å². The van der Waals surface area contributed by atoms with Crippen molar-refractivity contribution in [2.45, 2.75) is 13.3 Å². The molecule has 90 valence electrons. The smallest absolute Gasteiger partial charge is 0.255 e. The summed E-state index contributed by atoms with van der Waals surface area (Å²) in [5.74, 6) is -0.723. The molecular formula is C9H18F2N2O2. The SMILES string of the molecule is CNCC(C)C(=O)N(CCO)CC(F)F. The van der Waals surface area contributed by atoms with Crippen molar-refractivity contribution in [3.8, 4) is 0 Å². The third-order valence-corrected chi connectivity index (χ3v) is 1.97. The molecule has 0 aromatic rings. The summed E-state index contributed by atoms with van der Waals surface area (Å²) in [4.78, 5) is 12.6. The van der Waals surface area contributed by atoms with Crippen LogP contribution in [-0.2, 0) is 4.79 Å². The normalized spacial score (nSPS) is 12.9. The van der Waals surface area contributed by atoms with Crippen molar-refractivity contribution in [2.75, 3.05) is 33.3 Å². The van der Waals surface area contributed by atoms with E-state index in [0.717, 1.165) is 4.90 Å². The van der Waals surface area contributed by atoms with Gasteiger partial charge in [0.1, 0.15) is 0 Å². The maximum Gasteiger partial charge on any atom is 0.255 e. The molecule has 0 rings (SSSR count). The van der Waals surface area contributed by atoms with Gasteiger partial charge in [-0.2, -0.15) is 0 Å². The second-order valence-corrected chi connectivity index (χ2v) is 3.36. The van der Waals surface area contributed by atoms with E-state index in [1.807, 2.05) is 0 Å². The summed E-state index contributed by atoms with van der Waals surface area (Å²) in [5.41, 5.74) is 0. The highest BCUT2D eigenvalue weighted by Crippen LogP contribution is 2.05. The van der Waals surface area contributed by atoms with Crippen LogP contribution in [0.1, 0.15) is 6.92 Å². The highest BCUT2D eigenvalue weighted by molar-refractivity contribution is 5.78. The van der Waals surface area contributed by atoms with Gasteiger partial charge in [0.25, 0.3) is 6.43 Å². The second kappa shape index (κ2) is 7.53. The average molecular weight is 224 g/mol. The minimum Gasteiger partial charge on any atom is -0.395 e. The molecular weight excluding hydrogens is 206 g/mol. The molecule has 0 saturated heterocycles. The van der Waals surface area contributed by atoms with Crippen LogP contribution in [0.3, 0.4) is 0 Å². The van der Waals surface area contributed by atoms with Crippen molar-refractivity contribution in [1.82, 2.24) is 10.2 Å². The number of alkyl halides is 2. The maximum absolute atomic E-state index is 12.1. The molecule has 0 saturated carbocycles. The van der Waals surface area contributed by atoms with E-state index in [9.17, 15) is 13.6 Å². The number of carbonyl (C=O) groups excluding carboxylic acids is 1. The number of aliphatic hydroxyl groups excluding tert-OH is 1. The zero-order valence-corrected chi connectivity index (χ0v) is 9.04. The van der Waals surface area contributed by atoms with E-state index in [4.69, 9.17) is 5.11 Å². The fourth-order valence-corrected chi connectivity index (χ4v) is 1.28. The number of hydrogen-bond acceptors (Lipinski definition) is 3. The van der Waals surface area contributed by atoms with Crippen molar-refractivity contribution >= 4 is 5.91 Å². The van der Waals surface area contributed by atoms with Crippen LogP contribution in [0.5, 0.6) is 0 Å². The standard InChI is InChI=1S/C9H18F2N2O2/c1-7(5-12-2)9(15)13(3-4-14)6-8(10)11/h7-8,12,14H,3-6H2,1-2H3. The first-order chi connectivity index (χ1) is 7.02. The fourth-order valence-electron chi connectivity index (χ4n) is 1.28. The second-order valence-electron chi connectivity index (χ2n) is 3.36. The first kappa shape index (κ1) is 14.2. The molecule has 4 nitrogen and oxygen atoms in total. The molecule has 0 heterocycles. The Morgan fingerprint density at radius 2 is 2.13 bits per heavy atom.